The molecule has 0 saturated heterocycles. The van der Waals surface area contributed by atoms with Crippen molar-refractivity contribution in [3.05, 3.63) is 83.4 Å². The molecule has 8 nitrogen and oxygen atoms in total. The summed E-state index contributed by atoms with van der Waals surface area (Å²) in [5.74, 6) is 1.37. The van der Waals surface area contributed by atoms with Gasteiger partial charge in [0, 0.05) is 32.2 Å². The van der Waals surface area contributed by atoms with Gasteiger partial charge < -0.3 is 19.9 Å². The van der Waals surface area contributed by atoms with Gasteiger partial charge in [-0.25, -0.2) is 18.2 Å². The van der Waals surface area contributed by atoms with Gasteiger partial charge in [-0.1, -0.05) is 36.4 Å². The number of hydrogen-bond acceptors (Lipinski definition) is 5. The first-order chi connectivity index (χ1) is 14.7. The van der Waals surface area contributed by atoms with Crippen LogP contribution in [0.25, 0.3) is 0 Å². The fraction of sp³-hybridized carbons (Fsp3) is 0.273. The third-order valence-corrected chi connectivity index (χ3v) is 5.58. The van der Waals surface area contributed by atoms with Crippen LogP contribution in [0.15, 0.2) is 60.9 Å². The van der Waals surface area contributed by atoms with Gasteiger partial charge in [0.2, 0.25) is 0 Å². The van der Waals surface area contributed by atoms with Crippen molar-refractivity contribution in [2.75, 3.05) is 13.4 Å². The minimum absolute atomic E-state index is 0.00687. The second-order valence-electron chi connectivity index (χ2n) is 7.32. The Kier molecular flexibility index (Phi) is 6.96. The normalized spacial score (nSPS) is 12.2. The van der Waals surface area contributed by atoms with Crippen LogP contribution in [0.3, 0.4) is 0 Å². The monoisotopic (exact) mass is 442 g/mol. The number of carbonyl (C=O) groups excluding carboxylic acids is 1. The highest BCUT2D eigenvalue weighted by molar-refractivity contribution is 7.89. The number of hydrogen-bond donors (Lipinski definition) is 2. The van der Waals surface area contributed by atoms with E-state index in [1.54, 1.807) is 37.6 Å². The number of nitrogens with one attached hydrogen (secondary N) is 2. The van der Waals surface area contributed by atoms with Gasteiger partial charge in [-0.3, -0.25) is 0 Å². The van der Waals surface area contributed by atoms with E-state index in [4.69, 9.17) is 4.74 Å². The molecule has 1 atom stereocenters. The highest BCUT2D eigenvalue weighted by Gasteiger charge is 2.21. The maximum Gasteiger partial charge on any atom is 0.315 e. The smallest absolute Gasteiger partial charge is 0.315 e. The fourth-order valence-corrected chi connectivity index (χ4v) is 3.99. The molecule has 9 heteroatoms. The molecule has 0 bridgehead atoms. The topological polar surface area (TPSA) is 102 Å². The standard InChI is InChI=1S/C22H26N4O4S/c1-26-12-11-23-21(26)20(18-5-4-6-19(13-18)30-2)25-22(27)24-14-16-7-9-17(10-8-16)15-31(3,28)29/h4-13,20H,14-15H2,1-3H3,(H2,24,25,27). The molecule has 3 aromatic rings. The molecule has 0 aliphatic rings. The number of urea groups is 1. The molecule has 3 rings (SSSR count). The number of sulfone groups is 1. The SMILES string of the molecule is COc1cccc(C(NC(=O)NCc2ccc(CS(C)(=O)=O)cc2)c2nccn2C)c1. The Morgan fingerprint density at radius 1 is 1.16 bits per heavy atom. The largest absolute Gasteiger partial charge is 0.497 e. The van der Waals surface area contributed by atoms with Crippen LogP contribution in [0, 0.1) is 0 Å². The Morgan fingerprint density at radius 2 is 1.87 bits per heavy atom. The molecule has 0 spiro atoms. The number of imidazole rings is 1. The van der Waals surface area contributed by atoms with Gasteiger partial charge in [0.05, 0.1) is 12.9 Å². The predicted octanol–water partition coefficient (Wildman–Crippen LogP) is 2.56. The van der Waals surface area contributed by atoms with Gasteiger partial charge in [0.15, 0.2) is 9.84 Å². The Hall–Kier alpha value is -3.33. The summed E-state index contributed by atoms with van der Waals surface area (Å²) in [7, 11) is 0.379. The fourth-order valence-electron chi connectivity index (χ4n) is 3.19. The molecule has 2 N–H and O–H groups in total. The second kappa shape index (κ2) is 9.65. The molecule has 31 heavy (non-hydrogen) atoms. The number of aromatic nitrogens is 2. The quantitative estimate of drug-likeness (QED) is 0.558. The van der Waals surface area contributed by atoms with E-state index in [0.29, 0.717) is 23.7 Å². The number of carbonyl (C=O) groups is 1. The maximum absolute atomic E-state index is 12.6. The Morgan fingerprint density at radius 3 is 2.48 bits per heavy atom. The molecule has 0 aliphatic carbocycles. The highest BCUT2D eigenvalue weighted by Crippen LogP contribution is 2.24. The van der Waals surface area contributed by atoms with Crippen molar-refractivity contribution in [2.24, 2.45) is 7.05 Å². The minimum atomic E-state index is -3.08. The average molecular weight is 443 g/mol. The lowest BCUT2D eigenvalue weighted by molar-refractivity contribution is 0.237. The highest BCUT2D eigenvalue weighted by atomic mass is 32.2. The van der Waals surface area contributed by atoms with Crippen LogP contribution >= 0.6 is 0 Å². The zero-order valence-corrected chi connectivity index (χ0v) is 18.5. The molecule has 164 valence electrons. The lowest BCUT2D eigenvalue weighted by Gasteiger charge is -2.20. The van der Waals surface area contributed by atoms with Crippen LogP contribution in [0.2, 0.25) is 0 Å². The van der Waals surface area contributed by atoms with Crippen LogP contribution in [0.1, 0.15) is 28.6 Å². The Labute approximate surface area is 182 Å². The van der Waals surface area contributed by atoms with Crippen molar-refractivity contribution in [3.8, 4) is 5.75 Å². The number of rotatable bonds is 8. The summed E-state index contributed by atoms with van der Waals surface area (Å²) < 4.78 is 30.0. The predicted molar refractivity (Wildman–Crippen MR) is 118 cm³/mol. The molecule has 0 aliphatic heterocycles. The minimum Gasteiger partial charge on any atom is -0.497 e. The Balaban J connectivity index is 1.69. The molecule has 2 amide bonds. The molecular formula is C22H26N4O4S. The summed E-state index contributed by atoms with van der Waals surface area (Å²) >= 11 is 0. The number of amides is 2. The van der Waals surface area contributed by atoms with Crippen molar-refractivity contribution in [1.29, 1.82) is 0 Å². The molecule has 0 fully saturated rings. The van der Waals surface area contributed by atoms with E-state index in [1.165, 1.54) is 6.26 Å². The first kappa shape index (κ1) is 22.4. The van der Waals surface area contributed by atoms with Crippen molar-refractivity contribution >= 4 is 15.9 Å². The molecule has 2 aromatic carbocycles. The van der Waals surface area contributed by atoms with Gasteiger partial charge >= 0.3 is 6.03 Å². The first-order valence-electron chi connectivity index (χ1n) is 9.66. The summed E-state index contributed by atoms with van der Waals surface area (Å²) in [6.07, 6.45) is 4.70. The van der Waals surface area contributed by atoms with Crippen LogP contribution in [0.5, 0.6) is 5.75 Å². The van der Waals surface area contributed by atoms with Crippen LogP contribution < -0.4 is 15.4 Å². The zero-order chi connectivity index (χ0) is 22.4. The third kappa shape index (κ3) is 6.32. The molecule has 1 aromatic heterocycles. The van der Waals surface area contributed by atoms with Crippen LogP contribution in [-0.2, 0) is 29.2 Å². The second-order valence-corrected chi connectivity index (χ2v) is 9.46. The van der Waals surface area contributed by atoms with Gasteiger partial charge in [0.25, 0.3) is 0 Å². The number of methoxy groups -OCH3 is 1. The van der Waals surface area contributed by atoms with Crippen molar-refractivity contribution in [1.82, 2.24) is 20.2 Å². The molecule has 0 saturated carbocycles. The summed E-state index contributed by atoms with van der Waals surface area (Å²) in [5.41, 5.74) is 2.42. The maximum atomic E-state index is 12.6. The van der Waals surface area contributed by atoms with Gasteiger partial charge in [-0.2, -0.15) is 0 Å². The number of aryl methyl sites for hydroxylation is 1. The van der Waals surface area contributed by atoms with Gasteiger partial charge in [-0.05, 0) is 28.8 Å². The van der Waals surface area contributed by atoms with E-state index in [-0.39, 0.29) is 11.8 Å². The van der Waals surface area contributed by atoms with E-state index in [9.17, 15) is 13.2 Å². The summed E-state index contributed by atoms with van der Waals surface area (Å²) in [6.45, 7) is 0.302. The molecule has 1 heterocycles. The number of benzene rings is 2. The van der Waals surface area contributed by atoms with E-state index in [1.807, 2.05) is 42.1 Å². The van der Waals surface area contributed by atoms with Crippen LogP contribution in [0.4, 0.5) is 4.79 Å². The number of ether oxygens (including phenoxy) is 1. The van der Waals surface area contributed by atoms with Gasteiger partial charge in [0.1, 0.15) is 17.6 Å². The molecule has 1 unspecified atom stereocenters. The average Bonchev–Trinajstić information content (AvgIpc) is 3.16. The summed E-state index contributed by atoms with van der Waals surface area (Å²) in [6, 6.07) is 13.8. The van der Waals surface area contributed by atoms with Gasteiger partial charge in [-0.15, -0.1) is 0 Å². The lowest BCUT2D eigenvalue weighted by Crippen LogP contribution is -2.38. The zero-order valence-electron chi connectivity index (χ0n) is 17.7. The summed E-state index contributed by atoms with van der Waals surface area (Å²) in [5, 5.41) is 5.81. The van der Waals surface area contributed by atoms with E-state index in [0.717, 1.165) is 11.1 Å². The molecule has 0 radical (unpaired) electrons. The van der Waals surface area contributed by atoms with E-state index in [2.05, 4.69) is 15.6 Å². The molecular weight excluding hydrogens is 416 g/mol. The van der Waals surface area contributed by atoms with E-state index < -0.39 is 15.9 Å². The Bertz CT molecular complexity index is 1140. The third-order valence-electron chi connectivity index (χ3n) is 4.72. The number of nitrogens with zero attached hydrogens (tertiary/aromatic N) is 2. The summed E-state index contributed by atoms with van der Waals surface area (Å²) in [4.78, 5) is 17.0. The van der Waals surface area contributed by atoms with Crippen molar-refractivity contribution in [3.63, 3.8) is 0 Å². The van der Waals surface area contributed by atoms with Crippen molar-refractivity contribution in [2.45, 2.75) is 18.3 Å². The van der Waals surface area contributed by atoms with Crippen LogP contribution in [-0.4, -0.2) is 37.4 Å². The van der Waals surface area contributed by atoms with E-state index >= 15 is 0 Å². The first-order valence-corrected chi connectivity index (χ1v) is 11.7. The van der Waals surface area contributed by atoms with Crippen molar-refractivity contribution < 1.29 is 17.9 Å². The lowest BCUT2D eigenvalue weighted by atomic mass is 10.1.